The maximum Gasteiger partial charge on any atom is 0.240 e. The van der Waals surface area contributed by atoms with E-state index in [0.29, 0.717) is 38.4 Å². The van der Waals surface area contributed by atoms with Crippen molar-refractivity contribution in [1.82, 2.24) is 9.80 Å². The normalized spacial score (nSPS) is 25.0. The van der Waals surface area contributed by atoms with Crippen LogP contribution in [0, 0.1) is 5.82 Å². The van der Waals surface area contributed by atoms with Crippen molar-refractivity contribution in [3.63, 3.8) is 0 Å². The van der Waals surface area contributed by atoms with Crippen molar-refractivity contribution in [2.24, 2.45) is 0 Å². The number of halogens is 2. The molecule has 1 aromatic rings. The standard InChI is InChI=1S/C17H22F2N2O3/c1-23-16-3-2-12(8-14(16)19)10-21-11-13(18)9-15(21)17(22)20-4-6-24-7-5-20/h2-3,8,13,15H,4-7,9-11H2,1H3/t13-,15+/m1/s1. The third-order valence-electron chi connectivity index (χ3n) is 4.56. The number of nitrogens with zero attached hydrogens (tertiary/aromatic N) is 2. The minimum atomic E-state index is -1.04. The van der Waals surface area contributed by atoms with Crippen LogP contribution in [0.15, 0.2) is 18.2 Å². The molecule has 24 heavy (non-hydrogen) atoms. The van der Waals surface area contributed by atoms with Gasteiger partial charge in [0.05, 0.1) is 26.4 Å². The fraction of sp³-hybridized carbons (Fsp3) is 0.588. The van der Waals surface area contributed by atoms with Crippen LogP contribution in [0.25, 0.3) is 0 Å². The Kier molecular flexibility index (Phi) is 5.30. The average Bonchev–Trinajstić information content (AvgIpc) is 2.95. The van der Waals surface area contributed by atoms with Gasteiger partial charge in [0.15, 0.2) is 11.6 Å². The molecule has 3 rings (SSSR count). The number of hydrogen-bond acceptors (Lipinski definition) is 4. The summed E-state index contributed by atoms with van der Waals surface area (Å²) in [6.07, 6.45) is -0.849. The lowest BCUT2D eigenvalue weighted by atomic mass is 10.1. The van der Waals surface area contributed by atoms with E-state index in [2.05, 4.69) is 0 Å². The van der Waals surface area contributed by atoms with Gasteiger partial charge in [-0.15, -0.1) is 0 Å². The molecule has 2 heterocycles. The molecule has 2 aliphatic rings. The molecule has 0 bridgehead atoms. The highest BCUT2D eigenvalue weighted by atomic mass is 19.1. The van der Waals surface area contributed by atoms with E-state index in [-0.39, 0.29) is 24.6 Å². The van der Waals surface area contributed by atoms with Crippen molar-refractivity contribution in [3.05, 3.63) is 29.6 Å². The number of likely N-dealkylation sites (tertiary alicyclic amines) is 1. The van der Waals surface area contributed by atoms with Crippen LogP contribution in [0.4, 0.5) is 8.78 Å². The van der Waals surface area contributed by atoms with E-state index < -0.39 is 18.0 Å². The van der Waals surface area contributed by atoms with Gasteiger partial charge in [-0.25, -0.2) is 8.78 Å². The number of methoxy groups -OCH3 is 1. The summed E-state index contributed by atoms with van der Waals surface area (Å²) in [7, 11) is 1.41. The van der Waals surface area contributed by atoms with E-state index in [9.17, 15) is 13.6 Å². The molecule has 0 spiro atoms. The van der Waals surface area contributed by atoms with Crippen molar-refractivity contribution in [3.8, 4) is 5.75 Å². The maximum absolute atomic E-state index is 13.9. The molecule has 0 unspecified atom stereocenters. The van der Waals surface area contributed by atoms with Crippen LogP contribution >= 0.6 is 0 Å². The number of ether oxygens (including phenoxy) is 2. The lowest BCUT2D eigenvalue weighted by Crippen LogP contribution is -2.49. The van der Waals surface area contributed by atoms with Crippen LogP contribution in [0.2, 0.25) is 0 Å². The highest BCUT2D eigenvalue weighted by Gasteiger charge is 2.39. The van der Waals surface area contributed by atoms with Gasteiger partial charge in [0.25, 0.3) is 0 Å². The second kappa shape index (κ2) is 7.44. The van der Waals surface area contributed by atoms with Crippen molar-refractivity contribution >= 4 is 5.91 Å². The van der Waals surface area contributed by atoms with Crippen LogP contribution in [-0.2, 0) is 16.1 Å². The van der Waals surface area contributed by atoms with Gasteiger partial charge < -0.3 is 14.4 Å². The highest BCUT2D eigenvalue weighted by Crippen LogP contribution is 2.26. The molecule has 2 atom stereocenters. The van der Waals surface area contributed by atoms with Crippen LogP contribution in [0.5, 0.6) is 5.75 Å². The van der Waals surface area contributed by atoms with Crippen LogP contribution in [-0.4, -0.2) is 67.9 Å². The minimum Gasteiger partial charge on any atom is -0.494 e. The SMILES string of the molecule is COc1ccc(CN2C[C@H](F)C[C@H]2C(=O)N2CCOCC2)cc1F. The van der Waals surface area contributed by atoms with E-state index >= 15 is 0 Å². The Labute approximate surface area is 140 Å². The first-order valence-electron chi connectivity index (χ1n) is 8.15. The van der Waals surface area contributed by atoms with Gasteiger partial charge in [-0.1, -0.05) is 6.07 Å². The first kappa shape index (κ1) is 17.1. The summed E-state index contributed by atoms with van der Waals surface area (Å²) >= 11 is 0. The maximum atomic E-state index is 13.9. The van der Waals surface area contributed by atoms with E-state index in [0.717, 1.165) is 0 Å². The number of carbonyl (C=O) groups excluding carboxylic acids is 1. The van der Waals surface area contributed by atoms with E-state index in [1.54, 1.807) is 21.9 Å². The van der Waals surface area contributed by atoms with Crippen molar-refractivity contribution in [1.29, 1.82) is 0 Å². The number of amides is 1. The number of benzene rings is 1. The molecule has 0 saturated carbocycles. The third kappa shape index (κ3) is 3.67. The Bertz CT molecular complexity index is 593. The predicted octanol–water partition coefficient (Wildman–Crippen LogP) is 1.61. The average molecular weight is 340 g/mol. The fourth-order valence-corrected chi connectivity index (χ4v) is 3.32. The summed E-state index contributed by atoms with van der Waals surface area (Å²) in [6.45, 7) is 2.63. The molecule has 0 aliphatic carbocycles. The smallest absolute Gasteiger partial charge is 0.240 e. The molecule has 132 valence electrons. The van der Waals surface area contributed by atoms with E-state index in [1.165, 1.54) is 13.2 Å². The lowest BCUT2D eigenvalue weighted by molar-refractivity contribution is -0.140. The number of carbonyl (C=O) groups is 1. The Morgan fingerprint density at radius 2 is 2.12 bits per heavy atom. The fourth-order valence-electron chi connectivity index (χ4n) is 3.32. The van der Waals surface area contributed by atoms with Gasteiger partial charge in [0.1, 0.15) is 6.17 Å². The second-order valence-electron chi connectivity index (χ2n) is 6.18. The molecule has 2 fully saturated rings. The molecule has 1 amide bonds. The van der Waals surface area contributed by atoms with Gasteiger partial charge in [-0.05, 0) is 17.7 Å². The summed E-state index contributed by atoms with van der Waals surface area (Å²) in [4.78, 5) is 16.2. The zero-order chi connectivity index (χ0) is 17.1. The first-order chi connectivity index (χ1) is 11.6. The van der Waals surface area contributed by atoms with E-state index in [4.69, 9.17) is 9.47 Å². The second-order valence-corrected chi connectivity index (χ2v) is 6.18. The van der Waals surface area contributed by atoms with Crippen molar-refractivity contribution in [2.75, 3.05) is 40.0 Å². The zero-order valence-corrected chi connectivity index (χ0v) is 13.7. The van der Waals surface area contributed by atoms with E-state index in [1.807, 2.05) is 0 Å². The summed E-state index contributed by atoms with van der Waals surface area (Å²) in [5.74, 6) is -0.348. The topological polar surface area (TPSA) is 42.0 Å². The first-order valence-corrected chi connectivity index (χ1v) is 8.15. The van der Waals surface area contributed by atoms with Crippen LogP contribution in [0.3, 0.4) is 0 Å². The Morgan fingerprint density at radius 1 is 1.38 bits per heavy atom. The Hall–Kier alpha value is -1.73. The minimum absolute atomic E-state index is 0.0626. The monoisotopic (exact) mass is 340 g/mol. The molecule has 0 radical (unpaired) electrons. The molecular weight excluding hydrogens is 318 g/mol. The van der Waals surface area contributed by atoms with Gasteiger partial charge in [-0.3, -0.25) is 9.69 Å². The highest BCUT2D eigenvalue weighted by molar-refractivity contribution is 5.82. The summed E-state index contributed by atoms with van der Waals surface area (Å²) in [6, 6.07) is 4.17. The quantitative estimate of drug-likeness (QED) is 0.835. The predicted molar refractivity (Wildman–Crippen MR) is 84.1 cm³/mol. The molecule has 2 saturated heterocycles. The van der Waals surface area contributed by atoms with Gasteiger partial charge in [-0.2, -0.15) is 0 Å². The zero-order valence-electron chi connectivity index (χ0n) is 13.7. The number of rotatable bonds is 4. The van der Waals surface area contributed by atoms with Gasteiger partial charge in [0.2, 0.25) is 5.91 Å². The van der Waals surface area contributed by atoms with Crippen LogP contribution < -0.4 is 4.74 Å². The third-order valence-corrected chi connectivity index (χ3v) is 4.56. The largest absolute Gasteiger partial charge is 0.494 e. The number of alkyl halides is 1. The molecular formula is C17H22F2N2O3. The Morgan fingerprint density at radius 3 is 2.79 bits per heavy atom. The number of morpholine rings is 1. The molecule has 0 aromatic heterocycles. The molecule has 0 N–H and O–H groups in total. The van der Waals surface area contributed by atoms with Gasteiger partial charge >= 0.3 is 0 Å². The van der Waals surface area contributed by atoms with Crippen LogP contribution in [0.1, 0.15) is 12.0 Å². The summed E-state index contributed by atoms with van der Waals surface area (Å²) in [5.41, 5.74) is 0.696. The summed E-state index contributed by atoms with van der Waals surface area (Å²) < 4.78 is 37.9. The lowest BCUT2D eigenvalue weighted by Gasteiger charge is -2.32. The molecule has 1 aromatic carbocycles. The molecule has 2 aliphatic heterocycles. The van der Waals surface area contributed by atoms with Crippen molar-refractivity contribution < 1.29 is 23.0 Å². The van der Waals surface area contributed by atoms with Gasteiger partial charge in [0, 0.05) is 32.6 Å². The summed E-state index contributed by atoms with van der Waals surface area (Å²) in [5, 5.41) is 0. The molecule has 5 nitrogen and oxygen atoms in total. The molecule has 7 heteroatoms. The van der Waals surface area contributed by atoms with Crippen molar-refractivity contribution in [2.45, 2.75) is 25.2 Å². The Balaban J connectivity index is 1.70. The number of hydrogen-bond donors (Lipinski definition) is 0.